The van der Waals surface area contributed by atoms with Crippen molar-refractivity contribution < 1.29 is 19.0 Å². The first-order chi connectivity index (χ1) is 12.4. The number of methoxy groups -OCH3 is 3. The molecule has 1 atom stereocenters. The molecule has 2 aromatic rings. The van der Waals surface area contributed by atoms with E-state index in [4.69, 9.17) is 19.9 Å². The largest absolute Gasteiger partial charge is 0.497 e. The highest BCUT2D eigenvalue weighted by atomic mass is 16.5. The summed E-state index contributed by atoms with van der Waals surface area (Å²) in [5, 5.41) is 2.77. The maximum absolute atomic E-state index is 12.0. The van der Waals surface area contributed by atoms with Crippen molar-refractivity contribution in [2.45, 2.75) is 13.0 Å². The van der Waals surface area contributed by atoms with E-state index in [1.54, 1.807) is 39.3 Å². The molecule has 0 saturated heterocycles. The predicted octanol–water partition coefficient (Wildman–Crippen LogP) is 3.06. The van der Waals surface area contributed by atoms with Crippen LogP contribution in [0.1, 0.15) is 18.1 Å². The number of anilines is 1. The van der Waals surface area contributed by atoms with E-state index in [1.807, 2.05) is 18.2 Å². The lowest BCUT2D eigenvalue weighted by molar-refractivity contribution is -0.117. The second kappa shape index (κ2) is 8.40. The monoisotopic (exact) mass is 356 g/mol. The van der Waals surface area contributed by atoms with E-state index in [9.17, 15) is 4.79 Å². The topological polar surface area (TPSA) is 82.8 Å². The first-order valence-electron chi connectivity index (χ1n) is 8.06. The van der Waals surface area contributed by atoms with Crippen molar-refractivity contribution in [2.24, 2.45) is 5.73 Å². The van der Waals surface area contributed by atoms with Gasteiger partial charge in [-0.15, -0.1) is 0 Å². The van der Waals surface area contributed by atoms with Crippen LogP contribution in [0.3, 0.4) is 0 Å². The molecule has 138 valence electrons. The lowest BCUT2D eigenvalue weighted by Crippen LogP contribution is -2.32. The van der Waals surface area contributed by atoms with Crippen molar-refractivity contribution in [3.63, 3.8) is 0 Å². The summed E-state index contributed by atoms with van der Waals surface area (Å²) in [4.78, 5) is 12.0. The predicted molar refractivity (Wildman–Crippen MR) is 103 cm³/mol. The Morgan fingerprint density at radius 2 is 1.62 bits per heavy atom. The van der Waals surface area contributed by atoms with Crippen LogP contribution in [0.4, 0.5) is 5.69 Å². The molecule has 6 heteroatoms. The number of hydrogen-bond acceptors (Lipinski definition) is 5. The quantitative estimate of drug-likeness (QED) is 0.797. The highest BCUT2D eigenvalue weighted by Crippen LogP contribution is 2.33. The Kier molecular flexibility index (Phi) is 6.25. The van der Waals surface area contributed by atoms with Crippen molar-refractivity contribution in [1.29, 1.82) is 0 Å². The fourth-order valence-corrected chi connectivity index (χ4v) is 2.39. The number of ether oxygens (including phenoxy) is 3. The first kappa shape index (κ1) is 19.3. The molecule has 0 unspecified atom stereocenters. The normalized spacial score (nSPS) is 11.4. The molecule has 26 heavy (non-hydrogen) atoms. The Morgan fingerprint density at radius 1 is 1.00 bits per heavy atom. The van der Waals surface area contributed by atoms with Gasteiger partial charge in [-0.05, 0) is 47.9 Å². The molecule has 0 spiro atoms. The SMILES string of the molecule is C=C(c1cc(OC)cc(OC)c1)c1ccc(OC)c(NC(=O)[C@@H](C)N)c1. The summed E-state index contributed by atoms with van der Waals surface area (Å²) in [5.41, 5.74) is 8.58. The van der Waals surface area contributed by atoms with Gasteiger partial charge in [-0.1, -0.05) is 12.6 Å². The van der Waals surface area contributed by atoms with Crippen molar-refractivity contribution in [3.05, 3.63) is 54.1 Å². The fourth-order valence-electron chi connectivity index (χ4n) is 2.39. The fraction of sp³-hybridized carbons (Fsp3) is 0.250. The third-order valence-corrected chi connectivity index (χ3v) is 3.92. The van der Waals surface area contributed by atoms with E-state index in [-0.39, 0.29) is 5.91 Å². The Hall–Kier alpha value is -2.99. The standard InChI is InChI=1S/C20H24N2O4/c1-12(15-8-16(24-3)11-17(9-15)25-4)14-6-7-19(26-5)18(10-14)22-20(23)13(2)21/h6-11,13H,1,21H2,2-5H3,(H,22,23)/t13-/m1/s1. The van der Waals surface area contributed by atoms with E-state index >= 15 is 0 Å². The van der Waals surface area contributed by atoms with Gasteiger partial charge in [-0.25, -0.2) is 0 Å². The molecule has 0 aliphatic heterocycles. The van der Waals surface area contributed by atoms with Crippen LogP contribution in [0.2, 0.25) is 0 Å². The summed E-state index contributed by atoms with van der Waals surface area (Å²) in [7, 11) is 4.73. The minimum atomic E-state index is -0.630. The first-order valence-corrected chi connectivity index (χ1v) is 8.06. The van der Waals surface area contributed by atoms with E-state index in [0.717, 1.165) is 16.7 Å². The maximum atomic E-state index is 12.0. The molecule has 0 saturated carbocycles. The maximum Gasteiger partial charge on any atom is 0.241 e. The zero-order valence-corrected chi connectivity index (χ0v) is 15.5. The molecule has 2 aromatic carbocycles. The van der Waals surface area contributed by atoms with Gasteiger partial charge in [0.2, 0.25) is 5.91 Å². The van der Waals surface area contributed by atoms with Gasteiger partial charge in [-0.3, -0.25) is 4.79 Å². The van der Waals surface area contributed by atoms with E-state index in [0.29, 0.717) is 22.9 Å². The van der Waals surface area contributed by atoms with Crippen molar-refractivity contribution in [1.82, 2.24) is 0 Å². The molecule has 0 bridgehead atoms. The number of nitrogens with two attached hydrogens (primary N) is 1. The third kappa shape index (κ3) is 4.34. The van der Waals surface area contributed by atoms with Gasteiger partial charge in [0, 0.05) is 6.07 Å². The number of amides is 1. The molecule has 1 amide bonds. The molecule has 0 aromatic heterocycles. The summed E-state index contributed by atoms with van der Waals surface area (Å²) in [6.45, 7) is 5.79. The Bertz CT molecular complexity index is 793. The van der Waals surface area contributed by atoms with Gasteiger partial charge in [-0.2, -0.15) is 0 Å². The third-order valence-electron chi connectivity index (χ3n) is 3.92. The van der Waals surface area contributed by atoms with Crippen LogP contribution in [0.15, 0.2) is 43.0 Å². The minimum absolute atomic E-state index is 0.297. The summed E-state index contributed by atoms with van der Waals surface area (Å²) < 4.78 is 15.9. The van der Waals surface area contributed by atoms with Gasteiger partial charge < -0.3 is 25.3 Å². The Morgan fingerprint density at radius 3 is 2.12 bits per heavy atom. The van der Waals surface area contributed by atoms with Crippen molar-refractivity contribution >= 4 is 17.2 Å². The van der Waals surface area contributed by atoms with Gasteiger partial charge in [0.05, 0.1) is 33.1 Å². The van der Waals surface area contributed by atoms with E-state index in [2.05, 4.69) is 11.9 Å². The van der Waals surface area contributed by atoms with Crippen LogP contribution in [0, 0.1) is 0 Å². The molecule has 3 N–H and O–H groups in total. The molecular weight excluding hydrogens is 332 g/mol. The van der Waals surface area contributed by atoms with Crippen LogP contribution in [0.5, 0.6) is 17.2 Å². The number of hydrogen-bond donors (Lipinski definition) is 2. The summed E-state index contributed by atoms with van der Waals surface area (Å²) in [6.07, 6.45) is 0. The summed E-state index contributed by atoms with van der Waals surface area (Å²) in [5.74, 6) is 1.58. The average Bonchev–Trinajstić information content (AvgIpc) is 2.66. The smallest absolute Gasteiger partial charge is 0.241 e. The molecular formula is C20H24N2O4. The van der Waals surface area contributed by atoms with Gasteiger partial charge in [0.1, 0.15) is 17.2 Å². The van der Waals surface area contributed by atoms with Crippen LogP contribution in [-0.4, -0.2) is 33.3 Å². The molecule has 0 aliphatic carbocycles. The molecule has 0 fully saturated rings. The average molecular weight is 356 g/mol. The summed E-state index contributed by atoms with van der Waals surface area (Å²) >= 11 is 0. The Labute approximate surface area is 153 Å². The zero-order valence-electron chi connectivity index (χ0n) is 15.5. The highest BCUT2D eigenvalue weighted by Gasteiger charge is 2.14. The van der Waals surface area contributed by atoms with Gasteiger partial charge >= 0.3 is 0 Å². The van der Waals surface area contributed by atoms with Gasteiger partial charge in [0.25, 0.3) is 0 Å². The van der Waals surface area contributed by atoms with Crippen LogP contribution in [0.25, 0.3) is 5.57 Å². The van der Waals surface area contributed by atoms with Crippen molar-refractivity contribution in [2.75, 3.05) is 26.6 Å². The van der Waals surface area contributed by atoms with Gasteiger partial charge in [0.15, 0.2) is 0 Å². The minimum Gasteiger partial charge on any atom is -0.497 e. The number of nitrogens with one attached hydrogen (secondary N) is 1. The molecule has 0 heterocycles. The second-order valence-electron chi connectivity index (χ2n) is 5.77. The number of rotatable bonds is 7. The van der Waals surface area contributed by atoms with E-state index in [1.165, 1.54) is 7.11 Å². The Balaban J connectivity index is 2.42. The summed E-state index contributed by atoms with van der Waals surface area (Å²) in [6, 6.07) is 10.3. The molecule has 0 radical (unpaired) electrons. The highest BCUT2D eigenvalue weighted by molar-refractivity contribution is 5.96. The number of carbonyl (C=O) groups is 1. The van der Waals surface area contributed by atoms with Crippen molar-refractivity contribution in [3.8, 4) is 17.2 Å². The second-order valence-corrected chi connectivity index (χ2v) is 5.77. The van der Waals surface area contributed by atoms with E-state index < -0.39 is 6.04 Å². The lowest BCUT2D eigenvalue weighted by atomic mass is 9.98. The molecule has 6 nitrogen and oxygen atoms in total. The van der Waals surface area contributed by atoms with Crippen LogP contribution >= 0.6 is 0 Å². The zero-order chi connectivity index (χ0) is 19.3. The number of benzene rings is 2. The number of carbonyl (C=O) groups excluding carboxylic acids is 1. The lowest BCUT2D eigenvalue weighted by Gasteiger charge is -2.15. The molecule has 2 rings (SSSR count). The van der Waals surface area contributed by atoms with Crippen LogP contribution < -0.4 is 25.3 Å². The van der Waals surface area contributed by atoms with Crippen LogP contribution in [-0.2, 0) is 4.79 Å². The molecule has 0 aliphatic rings.